The minimum atomic E-state index is -4.75. The van der Waals surface area contributed by atoms with Gasteiger partial charge >= 0.3 is 6.18 Å². The van der Waals surface area contributed by atoms with E-state index in [4.69, 9.17) is 10.1 Å². The Balaban J connectivity index is 1.65. The summed E-state index contributed by atoms with van der Waals surface area (Å²) >= 11 is 0. The topological polar surface area (TPSA) is 89.9 Å². The van der Waals surface area contributed by atoms with E-state index in [0.717, 1.165) is 23.1 Å². The van der Waals surface area contributed by atoms with E-state index in [9.17, 15) is 22.4 Å². The molecule has 1 unspecified atom stereocenters. The summed E-state index contributed by atoms with van der Waals surface area (Å²) in [5.74, 6) is -0.717. The van der Waals surface area contributed by atoms with E-state index in [1.54, 1.807) is 66.7 Å². The van der Waals surface area contributed by atoms with Crippen LogP contribution in [0.5, 0.6) is 5.75 Å². The van der Waals surface area contributed by atoms with Crippen molar-refractivity contribution in [3.05, 3.63) is 88.3 Å². The molecule has 1 fully saturated rings. The molecule has 2 heterocycles. The molecule has 1 aliphatic rings. The lowest BCUT2D eigenvalue weighted by Crippen LogP contribution is -2.31. The number of hydrogen-bond donors (Lipinski definition) is 2. The van der Waals surface area contributed by atoms with Gasteiger partial charge in [0.15, 0.2) is 5.69 Å². The molecule has 4 aromatic rings. The van der Waals surface area contributed by atoms with Gasteiger partial charge in [0.1, 0.15) is 11.6 Å². The van der Waals surface area contributed by atoms with Gasteiger partial charge in [-0.2, -0.15) is 18.3 Å². The molecule has 12 heteroatoms. The van der Waals surface area contributed by atoms with Crippen molar-refractivity contribution in [2.75, 3.05) is 6.61 Å². The number of benzene rings is 2. The van der Waals surface area contributed by atoms with Crippen LogP contribution in [0.4, 0.5) is 17.6 Å². The fourth-order valence-electron chi connectivity index (χ4n) is 5.18. The first-order valence-electron chi connectivity index (χ1n) is 13.6. The normalized spacial score (nSPS) is 14.2. The van der Waals surface area contributed by atoms with Gasteiger partial charge in [-0.05, 0) is 67.5 Å². The number of aromatic nitrogens is 4. The Bertz CT molecular complexity index is 1700. The molecule has 0 spiro atoms. The smallest absolute Gasteiger partial charge is 0.435 e. The fraction of sp³-hybridized carbons (Fsp3) is 0.367. The van der Waals surface area contributed by atoms with Gasteiger partial charge in [-0.3, -0.25) is 14.9 Å². The van der Waals surface area contributed by atoms with E-state index in [2.05, 4.69) is 10.4 Å². The predicted molar refractivity (Wildman–Crippen MR) is 147 cm³/mol. The molecule has 8 nitrogen and oxygen atoms in total. The van der Waals surface area contributed by atoms with Crippen molar-refractivity contribution in [2.45, 2.75) is 45.5 Å². The molecule has 1 atom stereocenters. The second-order valence-corrected chi connectivity index (χ2v) is 10.7. The zero-order chi connectivity index (χ0) is 30.3. The number of hydrogen-bond acceptors (Lipinski definition) is 4. The predicted octanol–water partition coefficient (Wildman–Crippen LogP) is 5.50. The lowest BCUT2D eigenvalue weighted by molar-refractivity contribution is -0.140. The first kappa shape index (κ1) is 29.2. The van der Waals surface area contributed by atoms with Crippen molar-refractivity contribution < 1.29 is 27.1 Å². The molecule has 1 aliphatic carbocycles. The molecule has 5 rings (SSSR count). The lowest BCUT2D eigenvalue weighted by Gasteiger charge is -2.22. The van der Waals surface area contributed by atoms with E-state index < -0.39 is 23.8 Å². The van der Waals surface area contributed by atoms with E-state index in [0.29, 0.717) is 11.1 Å². The van der Waals surface area contributed by atoms with E-state index in [1.165, 1.54) is 19.3 Å². The van der Waals surface area contributed by atoms with Crippen LogP contribution in [-0.4, -0.2) is 31.4 Å². The number of imidazole rings is 1. The Morgan fingerprint density at radius 1 is 1.17 bits per heavy atom. The number of amides is 1. The molecule has 0 radical (unpaired) electrons. The van der Waals surface area contributed by atoms with Gasteiger partial charge < -0.3 is 19.2 Å². The molecule has 0 saturated heterocycles. The van der Waals surface area contributed by atoms with Crippen LogP contribution in [0.3, 0.4) is 0 Å². The average Bonchev–Trinajstić information content (AvgIpc) is 3.62. The second-order valence-electron chi connectivity index (χ2n) is 10.7. The molecule has 0 bridgehead atoms. The third kappa shape index (κ3) is 5.83. The highest BCUT2D eigenvalue weighted by molar-refractivity contribution is 6.00. The van der Waals surface area contributed by atoms with Crippen LogP contribution in [0.1, 0.15) is 58.5 Å². The molecule has 2 aromatic carbocycles. The maximum absolute atomic E-state index is 14.1. The van der Waals surface area contributed by atoms with E-state index >= 15 is 0 Å². The van der Waals surface area contributed by atoms with Gasteiger partial charge in [-0.1, -0.05) is 12.1 Å². The number of carbonyl (C=O) groups is 1. The monoisotopic (exact) mass is 584 g/mol. The average molecular weight is 585 g/mol. The number of rotatable bonds is 9. The highest BCUT2D eigenvalue weighted by atomic mass is 19.4. The lowest BCUT2D eigenvalue weighted by atomic mass is 9.96. The van der Waals surface area contributed by atoms with Gasteiger partial charge in [0.25, 0.3) is 5.91 Å². The first-order chi connectivity index (χ1) is 19.9. The van der Waals surface area contributed by atoms with Crippen LogP contribution in [0.2, 0.25) is 0 Å². The number of nitrogens with one attached hydrogen (secondary N) is 2. The number of nitrogens with zero attached hydrogens (tertiary/aromatic N) is 4. The molecular weight excluding hydrogens is 552 g/mol. The standard InChI is InChI=1S/C30H32F4N6O2/c1-5-42-26-21(23-16-39(4)37-27(23)30(32,33)34)13-18(15-40-11-10-38(3)29(40)35)14-22(26)28(41)36-25(19-6-7-19)20-8-9-24(31)17(2)12-20/h8-14,16,19,25,35H,5-7,15H2,1-4H3,(H,36,41). The summed E-state index contributed by atoms with van der Waals surface area (Å²) in [4.78, 5) is 14.0. The molecule has 1 saturated carbocycles. The Hall–Kier alpha value is -4.35. The zero-order valence-electron chi connectivity index (χ0n) is 23.7. The minimum absolute atomic E-state index is 0.00578. The van der Waals surface area contributed by atoms with Gasteiger partial charge in [0.2, 0.25) is 5.62 Å². The Labute approximate surface area is 240 Å². The highest BCUT2D eigenvalue weighted by Crippen LogP contribution is 2.44. The van der Waals surface area contributed by atoms with Gasteiger partial charge in [-0.15, -0.1) is 0 Å². The third-order valence-corrected chi connectivity index (χ3v) is 7.42. The van der Waals surface area contributed by atoms with Crippen molar-refractivity contribution in [2.24, 2.45) is 20.0 Å². The fourth-order valence-corrected chi connectivity index (χ4v) is 5.18. The molecule has 2 aromatic heterocycles. The molecule has 222 valence electrons. The summed E-state index contributed by atoms with van der Waals surface area (Å²) in [5, 5.41) is 15.0. The van der Waals surface area contributed by atoms with Crippen molar-refractivity contribution >= 4 is 5.91 Å². The quantitative estimate of drug-likeness (QED) is 0.255. The van der Waals surface area contributed by atoms with Crippen LogP contribution >= 0.6 is 0 Å². The number of alkyl halides is 3. The maximum Gasteiger partial charge on any atom is 0.435 e. The number of carbonyl (C=O) groups excluding carboxylic acids is 1. The first-order valence-corrected chi connectivity index (χ1v) is 13.6. The van der Waals surface area contributed by atoms with Crippen LogP contribution in [0.25, 0.3) is 11.1 Å². The van der Waals surface area contributed by atoms with Gasteiger partial charge in [-0.25, -0.2) is 4.39 Å². The van der Waals surface area contributed by atoms with Crippen molar-refractivity contribution in [3.8, 4) is 16.9 Å². The minimum Gasteiger partial charge on any atom is -0.492 e. The van der Waals surface area contributed by atoms with E-state index in [-0.39, 0.29) is 52.9 Å². The Kier molecular flexibility index (Phi) is 7.74. The summed E-state index contributed by atoms with van der Waals surface area (Å²) in [6, 6.07) is 7.45. The van der Waals surface area contributed by atoms with Crippen molar-refractivity contribution in [1.29, 1.82) is 5.41 Å². The maximum atomic E-state index is 14.1. The molecule has 0 aliphatic heterocycles. The third-order valence-electron chi connectivity index (χ3n) is 7.42. The zero-order valence-corrected chi connectivity index (χ0v) is 23.7. The summed E-state index contributed by atoms with van der Waals surface area (Å²) in [5.41, 5.74) is 0.702. The Morgan fingerprint density at radius 3 is 2.50 bits per heavy atom. The van der Waals surface area contributed by atoms with Crippen LogP contribution in [0.15, 0.2) is 48.9 Å². The number of halogens is 4. The molecule has 42 heavy (non-hydrogen) atoms. The van der Waals surface area contributed by atoms with Crippen molar-refractivity contribution in [1.82, 2.24) is 24.2 Å². The van der Waals surface area contributed by atoms with Crippen LogP contribution in [0, 0.1) is 24.1 Å². The van der Waals surface area contributed by atoms with Gasteiger partial charge in [0, 0.05) is 43.8 Å². The van der Waals surface area contributed by atoms with Crippen LogP contribution in [-0.2, 0) is 26.8 Å². The molecular formula is C30H32F4N6O2. The Morgan fingerprint density at radius 2 is 1.90 bits per heavy atom. The summed E-state index contributed by atoms with van der Waals surface area (Å²) in [6.07, 6.45) is 1.65. The molecule has 1 amide bonds. The van der Waals surface area contributed by atoms with Crippen molar-refractivity contribution in [3.63, 3.8) is 0 Å². The number of ether oxygens (including phenoxy) is 1. The number of aryl methyl sites for hydroxylation is 3. The second kappa shape index (κ2) is 11.1. The summed E-state index contributed by atoms with van der Waals surface area (Å²) < 4.78 is 66.5. The SMILES string of the molecule is CCOc1c(C(=O)NC(c2ccc(F)c(C)c2)C2CC2)cc(Cn2ccn(C)c2=N)cc1-c1cn(C)nc1C(F)(F)F. The highest BCUT2D eigenvalue weighted by Gasteiger charge is 2.39. The largest absolute Gasteiger partial charge is 0.492 e. The summed E-state index contributed by atoms with van der Waals surface area (Å²) in [6.45, 7) is 3.57. The van der Waals surface area contributed by atoms with E-state index in [1.807, 2.05) is 0 Å². The van der Waals surface area contributed by atoms with Crippen LogP contribution < -0.4 is 15.7 Å². The molecule has 2 N–H and O–H groups in total. The summed E-state index contributed by atoms with van der Waals surface area (Å²) in [7, 11) is 3.11. The van der Waals surface area contributed by atoms with Gasteiger partial charge in [0.05, 0.1) is 24.8 Å².